The average Bonchev–Trinajstić information content (AvgIpc) is 2.74. The van der Waals surface area contributed by atoms with Gasteiger partial charge >= 0.3 is 5.97 Å². The molecule has 8 heteroatoms. The molecule has 2 aromatic carbocycles. The van der Waals surface area contributed by atoms with Crippen molar-refractivity contribution in [3.8, 4) is 28.6 Å². The fourth-order valence-corrected chi connectivity index (χ4v) is 2.99. The molecule has 3 N–H and O–H groups in total. The molecule has 1 atom stereocenters. The first-order valence-corrected chi connectivity index (χ1v) is 9.65. The topological polar surface area (TPSA) is 94.7 Å². The van der Waals surface area contributed by atoms with Gasteiger partial charge < -0.3 is 20.3 Å². The van der Waals surface area contributed by atoms with Crippen LogP contribution in [0.25, 0.3) is 11.1 Å². The number of aliphatic carboxylic acids is 1. The molecule has 0 saturated carbocycles. The van der Waals surface area contributed by atoms with E-state index in [4.69, 9.17) is 20.3 Å². The molecular formula is C23H22F2N2O4. The van der Waals surface area contributed by atoms with Crippen molar-refractivity contribution < 1.29 is 28.2 Å². The Labute approximate surface area is 178 Å². The van der Waals surface area contributed by atoms with Crippen molar-refractivity contribution in [3.05, 3.63) is 71.3 Å². The van der Waals surface area contributed by atoms with Crippen LogP contribution in [0.1, 0.15) is 24.5 Å². The second-order valence-electron chi connectivity index (χ2n) is 6.96. The molecule has 0 unspecified atom stereocenters. The summed E-state index contributed by atoms with van der Waals surface area (Å²) < 4.78 is 39.0. The van der Waals surface area contributed by atoms with Gasteiger partial charge in [0.05, 0.1) is 0 Å². The first kappa shape index (κ1) is 22.2. The zero-order valence-corrected chi connectivity index (χ0v) is 17.1. The van der Waals surface area contributed by atoms with E-state index in [1.54, 1.807) is 19.1 Å². The molecule has 0 aliphatic rings. The number of carboxylic acid groups (broad SMARTS) is 1. The van der Waals surface area contributed by atoms with Crippen LogP contribution < -0.4 is 15.2 Å². The van der Waals surface area contributed by atoms with Crippen molar-refractivity contribution in [2.45, 2.75) is 32.9 Å². The van der Waals surface area contributed by atoms with E-state index in [9.17, 15) is 13.6 Å². The average molecular weight is 428 g/mol. The number of ether oxygens (including phenoxy) is 2. The van der Waals surface area contributed by atoms with E-state index in [1.807, 2.05) is 37.3 Å². The standard InChI is InChI=1S/C23H22F2N2O4/c1-3-20(23(28)29)31-22-19(25)11-18(24)21(27-22)30-17-8-13(2)7-16(10-17)15-6-4-5-14(9-15)12-26/h4-11,20H,3,12,26H2,1-2H3,(H,28,29)/t20-/m1/s1. The lowest BCUT2D eigenvalue weighted by atomic mass is 10.0. The third kappa shape index (κ3) is 5.35. The molecule has 0 aliphatic carbocycles. The Hall–Kier alpha value is -3.52. The summed E-state index contributed by atoms with van der Waals surface area (Å²) in [6, 6.07) is 13.5. The summed E-state index contributed by atoms with van der Waals surface area (Å²) >= 11 is 0. The lowest BCUT2D eigenvalue weighted by Crippen LogP contribution is -2.26. The van der Waals surface area contributed by atoms with Gasteiger partial charge in [-0.15, -0.1) is 0 Å². The third-order valence-electron chi connectivity index (χ3n) is 4.53. The zero-order valence-electron chi connectivity index (χ0n) is 17.1. The minimum absolute atomic E-state index is 0.0765. The molecule has 0 aliphatic heterocycles. The van der Waals surface area contributed by atoms with Crippen LogP contribution in [-0.4, -0.2) is 22.2 Å². The number of aryl methyl sites for hydroxylation is 1. The van der Waals surface area contributed by atoms with E-state index in [2.05, 4.69) is 4.98 Å². The van der Waals surface area contributed by atoms with Gasteiger partial charge in [0.25, 0.3) is 11.8 Å². The number of carboxylic acids is 1. The Kier molecular flexibility index (Phi) is 6.81. The first-order valence-electron chi connectivity index (χ1n) is 9.65. The van der Waals surface area contributed by atoms with E-state index in [-0.39, 0.29) is 12.2 Å². The number of rotatable bonds is 8. The fourth-order valence-electron chi connectivity index (χ4n) is 2.99. The Morgan fingerprint density at radius 2 is 1.84 bits per heavy atom. The number of nitrogens with two attached hydrogens (primary N) is 1. The van der Waals surface area contributed by atoms with Crippen molar-refractivity contribution in [2.75, 3.05) is 0 Å². The van der Waals surface area contributed by atoms with Crippen LogP contribution in [0.2, 0.25) is 0 Å². The second-order valence-corrected chi connectivity index (χ2v) is 6.96. The molecule has 0 amide bonds. The molecule has 6 nitrogen and oxygen atoms in total. The highest BCUT2D eigenvalue weighted by Crippen LogP contribution is 2.32. The molecule has 1 aromatic heterocycles. The van der Waals surface area contributed by atoms with Gasteiger partial charge in [-0.25, -0.2) is 13.6 Å². The lowest BCUT2D eigenvalue weighted by molar-refractivity contribution is -0.145. The van der Waals surface area contributed by atoms with Crippen molar-refractivity contribution in [1.29, 1.82) is 0 Å². The van der Waals surface area contributed by atoms with Crippen LogP contribution in [0.5, 0.6) is 17.5 Å². The predicted octanol–water partition coefficient (Wildman–Crippen LogP) is 4.83. The normalized spacial score (nSPS) is 11.8. The van der Waals surface area contributed by atoms with Crippen molar-refractivity contribution in [1.82, 2.24) is 4.98 Å². The molecule has 3 rings (SSSR count). The van der Waals surface area contributed by atoms with Gasteiger partial charge in [0.15, 0.2) is 17.7 Å². The van der Waals surface area contributed by atoms with Crippen LogP contribution in [-0.2, 0) is 11.3 Å². The smallest absolute Gasteiger partial charge is 0.344 e. The Balaban J connectivity index is 1.94. The van der Waals surface area contributed by atoms with Gasteiger partial charge in [0, 0.05) is 12.6 Å². The molecular weight excluding hydrogens is 406 g/mol. The van der Waals surface area contributed by atoms with E-state index in [0.29, 0.717) is 12.6 Å². The molecule has 0 spiro atoms. The third-order valence-corrected chi connectivity index (χ3v) is 4.53. The number of hydrogen-bond acceptors (Lipinski definition) is 5. The highest BCUT2D eigenvalue weighted by Gasteiger charge is 2.22. The van der Waals surface area contributed by atoms with E-state index in [0.717, 1.165) is 22.3 Å². The van der Waals surface area contributed by atoms with Gasteiger partial charge in [-0.3, -0.25) is 0 Å². The minimum Gasteiger partial charge on any atom is -0.479 e. The van der Waals surface area contributed by atoms with Crippen LogP contribution in [0.3, 0.4) is 0 Å². The predicted molar refractivity (Wildman–Crippen MR) is 111 cm³/mol. The Bertz CT molecular complexity index is 1100. The SMILES string of the molecule is CC[C@@H](Oc1nc(Oc2cc(C)cc(-c3cccc(CN)c3)c2)c(F)cc1F)C(=O)O. The lowest BCUT2D eigenvalue weighted by Gasteiger charge is -2.15. The molecule has 0 saturated heterocycles. The van der Waals surface area contributed by atoms with E-state index < -0.39 is 35.5 Å². The Morgan fingerprint density at radius 3 is 2.52 bits per heavy atom. The van der Waals surface area contributed by atoms with Gasteiger partial charge in [-0.1, -0.05) is 31.2 Å². The quantitative estimate of drug-likeness (QED) is 0.534. The zero-order chi connectivity index (χ0) is 22.5. The maximum Gasteiger partial charge on any atom is 0.344 e. The van der Waals surface area contributed by atoms with Crippen LogP contribution in [0, 0.1) is 18.6 Å². The number of benzene rings is 2. The van der Waals surface area contributed by atoms with Crippen molar-refractivity contribution in [3.63, 3.8) is 0 Å². The molecule has 1 heterocycles. The summed E-state index contributed by atoms with van der Waals surface area (Å²) in [5.41, 5.74) is 9.24. The number of nitrogens with zero attached hydrogens (tertiary/aromatic N) is 1. The maximum atomic E-state index is 14.3. The van der Waals surface area contributed by atoms with E-state index >= 15 is 0 Å². The minimum atomic E-state index is -1.32. The number of halogens is 2. The van der Waals surface area contributed by atoms with E-state index in [1.165, 1.54) is 0 Å². The van der Waals surface area contributed by atoms with Crippen LogP contribution >= 0.6 is 0 Å². The summed E-state index contributed by atoms with van der Waals surface area (Å²) in [5.74, 6) is -4.33. The first-order chi connectivity index (χ1) is 14.8. The molecule has 31 heavy (non-hydrogen) atoms. The summed E-state index contributed by atoms with van der Waals surface area (Å²) in [4.78, 5) is 14.9. The highest BCUT2D eigenvalue weighted by atomic mass is 19.1. The summed E-state index contributed by atoms with van der Waals surface area (Å²) in [6.07, 6.45) is -1.24. The van der Waals surface area contributed by atoms with Crippen LogP contribution in [0.4, 0.5) is 8.78 Å². The summed E-state index contributed by atoms with van der Waals surface area (Å²) in [5, 5.41) is 9.10. The molecule has 0 radical (unpaired) electrons. The van der Waals surface area contributed by atoms with Gasteiger partial charge in [0.2, 0.25) is 0 Å². The van der Waals surface area contributed by atoms with Crippen LogP contribution in [0.15, 0.2) is 48.5 Å². The highest BCUT2D eigenvalue weighted by molar-refractivity contribution is 5.72. The largest absolute Gasteiger partial charge is 0.479 e. The molecule has 162 valence electrons. The van der Waals surface area contributed by atoms with Crippen molar-refractivity contribution in [2.24, 2.45) is 5.73 Å². The monoisotopic (exact) mass is 428 g/mol. The molecule has 0 fully saturated rings. The number of pyridine rings is 1. The summed E-state index contributed by atoms with van der Waals surface area (Å²) in [7, 11) is 0. The number of aromatic nitrogens is 1. The van der Waals surface area contributed by atoms with Gasteiger partial charge in [0.1, 0.15) is 5.75 Å². The van der Waals surface area contributed by atoms with Crippen molar-refractivity contribution >= 4 is 5.97 Å². The second kappa shape index (κ2) is 9.53. The number of carbonyl (C=O) groups is 1. The number of hydrogen-bond donors (Lipinski definition) is 2. The summed E-state index contributed by atoms with van der Waals surface area (Å²) in [6.45, 7) is 3.81. The maximum absolute atomic E-state index is 14.3. The fraction of sp³-hybridized carbons (Fsp3) is 0.217. The van der Waals surface area contributed by atoms with Gasteiger partial charge in [-0.2, -0.15) is 4.98 Å². The molecule has 3 aromatic rings. The molecule has 0 bridgehead atoms. The Morgan fingerprint density at radius 1 is 1.10 bits per heavy atom. The van der Waals surface area contributed by atoms with Gasteiger partial charge in [-0.05, 0) is 53.8 Å².